The van der Waals surface area contributed by atoms with Crippen molar-refractivity contribution in [3.8, 4) is 10.8 Å². The van der Waals surface area contributed by atoms with E-state index in [4.69, 9.17) is 4.42 Å². The molecule has 1 fully saturated rings. The summed E-state index contributed by atoms with van der Waals surface area (Å²) in [4.78, 5) is 17.3. The van der Waals surface area contributed by atoms with Crippen molar-refractivity contribution in [1.82, 2.24) is 15.6 Å². The first-order valence-electron chi connectivity index (χ1n) is 7.73. The molecule has 1 saturated carbocycles. The van der Waals surface area contributed by atoms with Crippen molar-refractivity contribution in [3.05, 3.63) is 29.5 Å². The van der Waals surface area contributed by atoms with E-state index >= 15 is 0 Å². The Morgan fingerprint density at radius 1 is 1.50 bits per heavy atom. The van der Waals surface area contributed by atoms with E-state index in [1.807, 2.05) is 17.5 Å². The zero-order valence-corrected chi connectivity index (χ0v) is 13.5. The minimum Gasteiger partial charge on any atom is -0.443 e. The molecule has 3 rings (SSSR count). The first-order valence-corrected chi connectivity index (χ1v) is 8.61. The van der Waals surface area contributed by atoms with Crippen molar-refractivity contribution in [2.75, 3.05) is 0 Å². The van der Waals surface area contributed by atoms with Gasteiger partial charge in [0.05, 0.1) is 17.1 Å². The average molecular weight is 319 g/mol. The standard InChI is InChI=1S/C16H21N3O2S/c1-11-4-2-5-12(8-11)19-16(20)17-9-13-10-21-15(18-13)14-6-3-7-22-14/h3,6-7,10-12H,2,4-5,8-9H2,1H3,(H2,17,19,20). The van der Waals surface area contributed by atoms with Gasteiger partial charge in [-0.2, -0.15) is 0 Å². The molecule has 1 aliphatic carbocycles. The van der Waals surface area contributed by atoms with Crippen LogP contribution in [0.4, 0.5) is 4.79 Å². The third-order valence-electron chi connectivity index (χ3n) is 3.99. The van der Waals surface area contributed by atoms with E-state index in [0.29, 0.717) is 24.4 Å². The summed E-state index contributed by atoms with van der Waals surface area (Å²) in [6.45, 7) is 2.62. The van der Waals surface area contributed by atoms with Gasteiger partial charge in [-0.25, -0.2) is 9.78 Å². The molecule has 0 saturated heterocycles. The zero-order chi connectivity index (χ0) is 15.4. The fourth-order valence-corrected chi connectivity index (χ4v) is 3.53. The van der Waals surface area contributed by atoms with E-state index in [1.54, 1.807) is 17.6 Å². The van der Waals surface area contributed by atoms with Crippen LogP contribution in [0, 0.1) is 5.92 Å². The predicted molar refractivity (Wildman–Crippen MR) is 86.6 cm³/mol. The van der Waals surface area contributed by atoms with Gasteiger partial charge >= 0.3 is 6.03 Å². The van der Waals surface area contributed by atoms with Gasteiger partial charge in [-0.15, -0.1) is 11.3 Å². The summed E-state index contributed by atoms with van der Waals surface area (Å²) in [5.41, 5.74) is 0.732. The number of amides is 2. The van der Waals surface area contributed by atoms with Crippen molar-refractivity contribution in [3.63, 3.8) is 0 Å². The van der Waals surface area contributed by atoms with Crippen LogP contribution in [0.2, 0.25) is 0 Å². The molecule has 2 amide bonds. The zero-order valence-electron chi connectivity index (χ0n) is 12.7. The smallest absolute Gasteiger partial charge is 0.315 e. The summed E-state index contributed by atoms with van der Waals surface area (Å²) in [5, 5.41) is 7.88. The van der Waals surface area contributed by atoms with Crippen molar-refractivity contribution < 1.29 is 9.21 Å². The SMILES string of the molecule is CC1CCCC(NC(=O)NCc2coc(-c3cccs3)n2)C1. The van der Waals surface area contributed by atoms with Gasteiger partial charge in [0.15, 0.2) is 0 Å². The summed E-state index contributed by atoms with van der Waals surface area (Å²) < 4.78 is 5.43. The summed E-state index contributed by atoms with van der Waals surface area (Å²) in [6.07, 6.45) is 6.20. The molecule has 0 aliphatic heterocycles. The van der Waals surface area contributed by atoms with Crippen molar-refractivity contribution >= 4 is 17.4 Å². The lowest BCUT2D eigenvalue weighted by atomic mass is 9.87. The minimum atomic E-state index is -0.125. The van der Waals surface area contributed by atoms with Crippen LogP contribution in [0.15, 0.2) is 28.2 Å². The summed E-state index contributed by atoms with van der Waals surface area (Å²) in [5.74, 6) is 1.30. The molecule has 0 bridgehead atoms. The Balaban J connectivity index is 1.47. The highest BCUT2D eigenvalue weighted by Crippen LogP contribution is 2.24. The number of carbonyl (C=O) groups is 1. The number of hydrogen-bond donors (Lipinski definition) is 2. The molecule has 0 aromatic carbocycles. The highest BCUT2D eigenvalue weighted by atomic mass is 32.1. The van der Waals surface area contributed by atoms with Gasteiger partial charge in [0, 0.05) is 6.04 Å². The Morgan fingerprint density at radius 3 is 3.18 bits per heavy atom. The number of aromatic nitrogens is 1. The summed E-state index contributed by atoms with van der Waals surface area (Å²) in [7, 11) is 0. The van der Waals surface area contributed by atoms with E-state index in [1.165, 1.54) is 12.8 Å². The maximum atomic E-state index is 11.9. The molecule has 22 heavy (non-hydrogen) atoms. The third-order valence-corrected chi connectivity index (χ3v) is 4.84. The second-order valence-electron chi connectivity index (χ2n) is 5.92. The Kier molecular flexibility index (Phi) is 4.77. The highest BCUT2D eigenvalue weighted by Gasteiger charge is 2.20. The Bertz CT molecular complexity index is 609. The molecule has 5 nitrogen and oxygen atoms in total. The lowest BCUT2D eigenvalue weighted by Gasteiger charge is -2.27. The number of thiophene rings is 1. The lowest BCUT2D eigenvalue weighted by Crippen LogP contribution is -2.43. The quantitative estimate of drug-likeness (QED) is 0.901. The lowest BCUT2D eigenvalue weighted by molar-refractivity contribution is 0.227. The summed E-state index contributed by atoms with van der Waals surface area (Å²) in [6, 6.07) is 4.09. The maximum Gasteiger partial charge on any atom is 0.315 e. The minimum absolute atomic E-state index is 0.125. The normalized spacial score (nSPS) is 21.5. The molecular formula is C16H21N3O2S. The predicted octanol–water partition coefficient (Wildman–Crippen LogP) is 3.78. The number of nitrogens with zero attached hydrogens (tertiary/aromatic N) is 1. The van der Waals surface area contributed by atoms with Gasteiger partial charge in [-0.1, -0.05) is 25.8 Å². The first-order chi connectivity index (χ1) is 10.7. The third kappa shape index (κ3) is 3.88. The van der Waals surface area contributed by atoms with Gasteiger partial charge in [-0.3, -0.25) is 0 Å². The number of carbonyl (C=O) groups excluding carboxylic acids is 1. The monoisotopic (exact) mass is 319 g/mol. The largest absolute Gasteiger partial charge is 0.443 e. The number of rotatable bonds is 4. The van der Waals surface area contributed by atoms with Crippen LogP contribution < -0.4 is 10.6 Å². The van der Waals surface area contributed by atoms with Crippen LogP contribution in [-0.2, 0) is 6.54 Å². The Morgan fingerprint density at radius 2 is 2.41 bits per heavy atom. The van der Waals surface area contributed by atoms with Gasteiger partial charge in [0.2, 0.25) is 5.89 Å². The van der Waals surface area contributed by atoms with E-state index in [-0.39, 0.29) is 6.03 Å². The van der Waals surface area contributed by atoms with E-state index in [2.05, 4.69) is 22.5 Å². The second kappa shape index (κ2) is 6.96. The number of urea groups is 1. The number of oxazole rings is 1. The van der Waals surface area contributed by atoms with Crippen molar-refractivity contribution in [1.29, 1.82) is 0 Å². The highest BCUT2D eigenvalue weighted by molar-refractivity contribution is 7.13. The van der Waals surface area contributed by atoms with E-state index in [0.717, 1.165) is 23.4 Å². The molecule has 2 N–H and O–H groups in total. The van der Waals surface area contributed by atoms with Crippen LogP contribution in [0.5, 0.6) is 0 Å². The van der Waals surface area contributed by atoms with Gasteiger partial charge in [0.1, 0.15) is 6.26 Å². The molecule has 2 aromatic heterocycles. The Labute approximate surface area is 134 Å². The number of nitrogens with one attached hydrogen (secondary N) is 2. The average Bonchev–Trinajstić information content (AvgIpc) is 3.16. The van der Waals surface area contributed by atoms with Crippen molar-refractivity contribution in [2.24, 2.45) is 5.92 Å². The van der Waals surface area contributed by atoms with Crippen LogP contribution in [0.25, 0.3) is 10.8 Å². The molecule has 0 radical (unpaired) electrons. The van der Waals surface area contributed by atoms with Gasteiger partial charge < -0.3 is 15.1 Å². The molecule has 2 heterocycles. The van der Waals surface area contributed by atoms with Crippen LogP contribution >= 0.6 is 11.3 Å². The molecule has 1 aliphatic rings. The van der Waals surface area contributed by atoms with Gasteiger partial charge in [0.25, 0.3) is 0 Å². The van der Waals surface area contributed by atoms with Crippen LogP contribution in [0.3, 0.4) is 0 Å². The second-order valence-corrected chi connectivity index (χ2v) is 6.86. The fraction of sp³-hybridized carbons (Fsp3) is 0.500. The maximum absolute atomic E-state index is 11.9. The van der Waals surface area contributed by atoms with Crippen LogP contribution in [-0.4, -0.2) is 17.1 Å². The molecular weight excluding hydrogens is 298 g/mol. The Hall–Kier alpha value is -1.82. The van der Waals surface area contributed by atoms with Crippen LogP contribution in [0.1, 0.15) is 38.3 Å². The van der Waals surface area contributed by atoms with E-state index in [9.17, 15) is 4.79 Å². The molecule has 6 heteroatoms. The van der Waals surface area contributed by atoms with Crippen molar-refractivity contribution in [2.45, 2.75) is 45.2 Å². The molecule has 2 atom stereocenters. The molecule has 2 aromatic rings. The first kappa shape index (κ1) is 15.1. The molecule has 118 valence electrons. The molecule has 2 unspecified atom stereocenters. The fourth-order valence-electron chi connectivity index (χ4n) is 2.87. The number of hydrogen-bond acceptors (Lipinski definition) is 4. The van der Waals surface area contributed by atoms with E-state index < -0.39 is 0 Å². The molecule has 0 spiro atoms. The summed E-state index contributed by atoms with van der Waals surface area (Å²) >= 11 is 1.58. The van der Waals surface area contributed by atoms with Gasteiger partial charge in [-0.05, 0) is 30.2 Å². The topological polar surface area (TPSA) is 67.2 Å².